The zero-order chi connectivity index (χ0) is 17.0. The van der Waals surface area contributed by atoms with Crippen LogP contribution in [0.2, 0.25) is 5.02 Å². The molecule has 0 spiro atoms. The van der Waals surface area contributed by atoms with Crippen molar-refractivity contribution in [2.75, 3.05) is 4.72 Å². The number of benzene rings is 2. The molecular weight excluding hydrogens is 344 g/mol. The minimum Gasteiger partial charge on any atom is -0.870 e. The molecule has 23 heavy (non-hydrogen) atoms. The minimum atomic E-state index is -4.03. The highest BCUT2D eigenvalue weighted by Crippen LogP contribution is 2.34. The summed E-state index contributed by atoms with van der Waals surface area (Å²) in [6.07, 6.45) is 1.33. The van der Waals surface area contributed by atoms with Crippen molar-refractivity contribution >= 4 is 39.1 Å². The van der Waals surface area contributed by atoms with Gasteiger partial charge in [-0.15, -0.1) is 0 Å². The van der Waals surface area contributed by atoms with E-state index in [0.717, 1.165) is 17.5 Å². The lowest BCUT2D eigenvalue weighted by molar-refractivity contribution is -0.385. The molecule has 0 amide bonds. The third kappa shape index (κ3) is 4.44. The fourth-order valence-electron chi connectivity index (χ4n) is 1.68. The third-order valence-electron chi connectivity index (χ3n) is 2.73. The van der Waals surface area contributed by atoms with Crippen molar-refractivity contribution < 1.29 is 18.4 Å². The summed E-state index contributed by atoms with van der Waals surface area (Å²) in [6.45, 7) is 0. The minimum absolute atomic E-state index is 0.441. The summed E-state index contributed by atoms with van der Waals surface area (Å²) in [5, 5.41) is 23.0. The Balaban J connectivity index is 2.30. The van der Waals surface area contributed by atoms with Crippen molar-refractivity contribution in [2.24, 2.45) is 0 Å². The van der Waals surface area contributed by atoms with Crippen molar-refractivity contribution in [1.29, 1.82) is 0 Å². The fourth-order valence-corrected chi connectivity index (χ4v) is 2.76. The van der Waals surface area contributed by atoms with Crippen LogP contribution in [0.15, 0.2) is 47.9 Å². The van der Waals surface area contributed by atoms with E-state index >= 15 is 0 Å². The first-order valence-corrected chi connectivity index (χ1v) is 8.12. The summed E-state index contributed by atoms with van der Waals surface area (Å²) in [4.78, 5) is 9.97. The predicted molar refractivity (Wildman–Crippen MR) is 85.6 cm³/mol. The van der Waals surface area contributed by atoms with Gasteiger partial charge in [-0.1, -0.05) is 47.7 Å². The molecule has 0 atom stereocenters. The van der Waals surface area contributed by atoms with Gasteiger partial charge in [0.15, 0.2) is 0 Å². The third-order valence-corrected chi connectivity index (χ3v) is 4.01. The lowest BCUT2D eigenvalue weighted by Gasteiger charge is -2.15. The van der Waals surface area contributed by atoms with Crippen LogP contribution in [0.4, 0.5) is 11.4 Å². The van der Waals surface area contributed by atoms with Gasteiger partial charge in [-0.3, -0.25) is 14.8 Å². The molecule has 0 aliphatic heterocycles. The van der Waals surface area contributed by atoms with Crippen molar-refractivity contribution in [3.63, 3.8) is 0 Å². The largest absolute Gasteiger partial charge is 0.870 e. The molecule has 120 valence electrons. The number of anilines is 1. The van der Waals surface area contributed by atoms with Gasteiger partial charge >= 0.3 is 0 Å². The molecule has 0 aliphatic rings. The Bertz CT molecular complexity index is 866. The highest BCUT2D eigenvalue weighted by Gasteiger charge is 2.14. The molecule has 0 unspecified atom stereocenters. The van der Waals surface area contributed by atoms with Crippen LogP contribution in [-0.2, 0) is 10.0 Å². The Morgan fingerprint density at radius 2 is 1.83 bits per heavy atom. The number of hydrogen-bond acceptors (Lipinski definition) is 5. The summed E-state index contributed by atoms with van der Waals surface area (Å²) in [5.41, 5.74) is -0.335. The van der Waals surface area contributed by atoms with Crippen molar-refractivity contribution in [1.82, 2.24) is 0 Å². The number of nitro groups is 1. The normalized spacial score (nSPS) is 11.5. The first kappa shape index (κ1) is 16.8. The van der Waals surface area contributed by atoms with Crippen LogP contribution in [0, 0.1) is 10.1 Å². The smallest absolute Gasteiger partial charge is 0.272 e. The molecule has 0 saturated carbocycles. The van der Waals surface area contributed by atoms with Crippen molar-refractivity contribution in [2.45, 2.75) is 0 Å². The van der Waals surface area contributed by atoms with E-state index in [1.807, 2.05) is 4.72 Å². The number of sulfonamides is 1. The quantitative estimate of drug-likeness (QED) is 0.656. The average Bonchev–Trinajstić information content (AvgIpc) is 2.50. The Kier molecular flexibility index (Phi) is 4.87. The van der Waals surface area contributed by atoms with Crippen LogP contribution in [-0.4, -0.2) is 13.3 Å². The summed E-state index contributed by atoms with van der Waals surface area (Å²) < 4.78 is 25.9. The highest BCUT2D eigenvalue weighted by atomic mass is 35.5. The molecule has 2 aromatic rings. The van der Waals surface area contributed by atoms with Gasteiger partial charge in [0, 0.05) is 22.8 Å². The topological polar surface area (TPSA) is 112 Å². The van der Waals surface area contributed by atoms with Crippen LogP contribution < -0.4 is 9.83 Å². The molecule has 0 aliphatic carbocycles. The van der Waals surface area contributed by atoms with E-state index < -0.39 is 37.1 Å². The van der Waals surface area contributed by atoms with Gasteiger partial charge in [0.25, 0.3) is 15.7 Å². The number of rotatable bonds is 5. The van der Waals surface area contributed by atoms with Gasteiger partial charge < -0.3 is 5.11 Å². The number of hydrogen-bond donors (Lipinski definition) is 1. The van der Waals surface area contributed by atoms with E-state index in [2.05, 4.69) is 0 Å². The number of nitrogens with zero attached hydrogens (tertiary/aromatic N) is 1. The lowest BCUT2D eigenvalue weighted by atomic mass is 10.2. The van der Waals surface area contributed by atoms with Gasteiger partial charge in [0.05, 0.1) is 10.3 Å². The molecule has 0 saturated heterocycles. The Labute approximate surface area is 137 Å². The summed E-state index contributed by atoms with van der Waals surface area (Å²) >= 11 is 5.60. The summed E-state index contributed by atoms with van der Waals surface area (Å²) in [7, 11) is -4.03. The maximum Gasteiger partial charge on any atom is 0.272 e. The van der Waals surface area contributed by atoms with Gasteiger partial charge in [-0.25, -0.2) is 8.42 Å². The Hall–Kier alpha value is -2.58. The van der Waals surface area contributed by atoms with Crippen LogP contribution in [0.3, 0.4) is 0 Å². The fraction of sp³-hybridized carbons (Fsp3) is 0. The van der Waals surface area contributed by atoms with E-state index in [-0.39, 0.29) is 0 Å². The zero-order valence-corrected chi connectivity index (χ0v) is 13.0. The molecule has 7 nitrogen and oxygen atoms in total. The summed E-state index contributed by atoms with van der Waals surface area (Å²) in [5.74, 6) is -0.839. The Morgan fingerprint density at radius 1 is 1.17 bits per heavy atom. The van der Waals surface area contributed by atoms with Gasteiger partial charge in [0.2, 0.25) is 0 Å². The van der Waals surface area contributed by atoms with Crippen molar-refractivity contribution in [3.8, 4) is 5.75 Å². The maximum atomic E-state index is 12.0. The number of nitro benzene ring substituents is 1. The molecule has 0 bridgehead atoms. The highest BCUT2D eigenvalue weighted by molar-refractivity contribution is 7.95. The van der Waals surface area contributed by atoms with Crippen LogP contribution in [0.1, 0.15) is 5.56 Å². The van der Waals surface area contributed by atoms with E-state index in [1.54, 1.807) is 30.3 Å². The Morgan fingerprint density at radius 3 is 2.43 bits per heavy atom. The molecular formula is C14H10ClN2O5S-. The van der Waals surface area contributed by atoms with Crippen LogP contribution in [0.25, 0.3) is 6.08 Å². The van der Waals surface area contributed by atoms with Gasteiger partial charge in [0.1, 0.15) is 0 Å². The average molecular weight is 354 g/mol. The molecule has 0 radical (unpaired) electrons. The van der Waals surface area contributed by atoms with E-state index in [9.17, 15) is 23.6 Å². The zero-order valence-electron chi connectivity index (χ0n) is 11.5. The standard InChI is InChI=1S/C14H11ClN2O5S/c15-12-8-11(17(19)20)9-13(14(12)18)16-23(21,22)7-6-10-4-2-1-3-5-10/h1-9,16,18H/p-1/b7-6+. The molecule has 1 N–H and O–H groups in total. The molecule has 0 fully saturated rings. The van der Waals surface area contributed by atoms with Gasteiger partial charge in [-0.2, -0.15) is 0 Å². The van der Waals surface area contributed by atoms with E-state index in [1.165, 1.54) is 6.08 Å². The van der Waals surface area contributed by atoms with E-state index in [0.29, 0.717) is 5.56 Å². The predicted octanol–water partition coefficient (Wildman–Crippen LogP) is 2.73. The molecule has 9 heteroatoms. The lowest BCUT2D eigenvalue weighted by Crippen LogP contribution is -2.11. The van der Waals surface area contributed by atoms with E-state index in [4.69, 9.17) is 11.6 Å². The molecule has 2 rings (SSSR count). The molecule has 0 aromatic heterocycles. The van der Waals surface area contributed by atoms with Gasteiger partial charge in [-0.05, 0) is 11.6 Å². The monoisotopic (exact) mass is 353 g/mol. The number of non-ortho nitro benzene ring substituents is 1. The second kappa shape index (κ2) is 6.67. The second-order valence-electron chi connectivity index (χ2n) is 4.42. The maximum absolute atomic E-state index is 12.0. The molecule has 0 heterocycles. The number of nitrogens with one attached hydrogen (secondary N) is 1. The SMILES string of the molecule is O=[N+]([O-])c1cc(Cl)c([O-])c(NS(=O)(=O)/C=C/c2ccccc2)c1. The van der Waals surface area contributed by atoms with Crippen LogP contribution >= 0.6 is 11.6 Å². The van der Waals surface area contributed by atoms with Crippen molar-refractivity contribution in [3.05, 3.63) is 68.6 Å². The van der Waals surface area contributed by atoms with Crippen LogP contribution in [0.5, 0.6) is 5.75 Å². The number of halogens is 1. The summed E-state index contributed by atoms with van der Waals surface area (Å²) in [6, 6.07) is 10.3. The molecule has 2 aromatic carbocycles. The first-order valence-electron chi connectivity index (χ1n) is 6.19. The first-order chi connectivity index (χ1) is 10.8. The second-order valence-corrected chi connectivity index (χ2v) is 6.40.